The minimum Gasteiger partial charge on any atom is -0.493 e. The van der Waals surface area contributed by atoms with E-state index in [-0.39, 0.29) is 0 Å². The summed E-state index contributed by atoms with van der Waals surface area (Å²) in [6, 6.07) is 12.5. The van der Waals surface area contributed by atoms with Crippen LogP contribution >= 0.6 is 11.3 Å². The van der Waals surface area contributed by atoms with Crippen LogP contribution in [0.3, 0.4) is 0 Å². The Balaban J connectivity index is 1.79. The average molecular weight is 247 g/mol. The summed E-state index contributed by atoms with van der Waals surface area (Å²) in [7, 11) is 1.95. The number of benzene rings is 1. The van der Waals surface area contributed by atoms with Gasteiger partial charge in [0.15, 0.2) is 0 Å². The first-order valence-corrected chi connectivity index (χ1v) is 6.65. The summed E-state index contributed by atoms with van der Waals surface area (Å²) < 4.78 is 5.70. The smallest absolute Gasteiger partial charge is 0.119 e. The fourth-order valence-electron chi connectivity index (χ4n) is 1.63. The summed E-state index contributed by atoms with van der Waals surface area (Å²) in [5, 5.41) is 5.22. The minimum atomic E-state index is 0.742. The molecule has 0 aliphatic heterocycles. The molecule has 0 fully saturated rings. The highest BCUT2D eigenvalue weighted by molar-refractivity contribution is 7.09. The molecule has 1 N–H and O–H groups in total. The van der Waals surface area contributed by atoms with E-state index < -0.39 is 0 Å². The molecule has 0 aliphatic carbocycles. The third-order valence-corrected chi connectivity index (χ3v) is 3.44. The van der Waals surface area contributed by atoms with Gasteiger partial charge in [-0.05, 0) is 36.2 Å². The van der Waals surface area contributed by atoms with Crippen molar-refractivity contribution in [3.63, 3.8) is 0 Å². The van der Waals surface area contributed by atoms with Crippen molar-refractivity contribution in [1.82, 2.24) is 5.32 Å². The molecule has 90 valence electrons. The van der Waals surface area contributed by atoms with Gasteiger partial charge in [-0.2, -0.15) is 0 Å². The van der Waals surface area contributed by atoms with E-state index >= 15 is 0 Å². The van der Waals surface area contributed by atoms with Crippen LogP contribution in [0.4, 0.5) is 0 Å². The van der Waals surface area contributed by atoms with Crippen molar-refractivity contribution in [3.8, 4) is 5.75 Å². The van der Waals surface area contributed by atoms with Gasteiger partial charge in [0.05, 0.1) is 6.61 Å². The van der Waals surface area contributed by atoms with Gasteiger partial charge in [0.25, 0.3) is 0 Å². The van der Waals surface area contributed by atoms with Gasteiger partial charge in [0.1, 0.15) is 5.75 Å². The summed E-state index contributed by atoms with van der Waals surface area (Å²) in [6.45, 7) is 1.64. The fourth-order valence-corrected chi connectivity index (χ4v) is 2.32. The molecule has 2 rings (SSSR count). The van der Waals surface area contributed by atoms with Crippen LogP contribution in [0.2, 0.25) is 0 Å². The number of rotatable bonds is 6. The van der Waals surface area contributed by atoms with Crippen LogP contribution in [0.25, 0.3) is 0 Å². The third-order valence-electron chi connectivity index (χ3n) is 2.50. The van der Waals surface area contributed by atoms with Crippen LogP contribution in [0.1, 0.15) is 10.4 Å². The van der Waals surface area contributed by atoms with Gasteiger partial charge in [0, 0.05) is 17.8 Å². The van der Waals surface area contributed by atoms with Gasteiger partial charge in [-0.25, -0.2) is 0 Å². The van der Waals surface area contributed by atoms with Crippen LogP contribution in [-0.2, 0) is 13.0 Å². The molecule has 2 aromatic rings. The Morgan fingerprint density at radius 1 is 1.18 bits per heavy atom. The summed E-state index contributed by atoms with van der Waals surface area (Å²) >= 11 is 1.78. The first-order chi connectivity index (χ1) is 8.38. The molecule has 0 amide bonds. The summed E-state index contributed by atoms with van der Waals surface area (Å²) in [4.78, 5) is 1.37. The van der Waals surface area contributed by atoms with Gasteiger partial charge >= 0.3 is 0 Å². The molecule has 17 heavy (non-hydrogen) atoms. The maximum atomic E-state index is 5.70. The Morgan fingerprint density at radius 2 is 2.00 bits per heavy atom. The first kappa shape index (κ1) is 12.1. The largest absolute Gasteiger partial charge is 0.493 e. The number of ether oxygens (including phenoxy) is 1. The van der Waals surface area contributed by atoms with Crippen LogP contribution in [-0.4, -0.2) is 13.7 Å². The maximum Gasteiger partial charge on any atom is 0.119 e. The van der Waals surface area contributed by atoms with Crippen LogP contribution in [0, 0.1) is 0 Å². The zero-order valence-corrected chi connectivity index (χ0v) is 10.8. The van der Waals surface area contributed by atoms with Crippen molar-refractivity contribution in [2.24, 2.45) is 0 Å². The SMILES string of the molecule is CNCc1ccc(OCCc2cccs2)cc1. The van der Waals surface area contributed by atoms with Gasteiger partial charge in [-0.15, -0.1) is 11.3 Å². The molecule has 0 atom stereocenters. The van der Waals surface area contributed by atoms with E-state index in [0.29, 0.717) is 0 Å². The minimum absolute atomic E-state index is 0.742. The van der Waals surface area contributed by atoms with Gasteiger partial charge in [-0.1, -0.05) is 18.2 Å². The van der Waals surface area contributed by atoms with Crippen molar-refractivity contribution in [1.29, 1.82) is 0 Å². The number of hydrogen-bond donors (Lipinski definition) is 1. The highest BCUT2D eigenvalue weighted by Gasteiger charge is 1.97. The lowest BCUT2D eigenvalue weighted by Gasteiger charge is -2.06. The van der Waals surface area contributed by atoms with Crippen LogP contribution < -0.4 is 10.1 Å². The monoisotopic (exact) mass is 247 g/mol. The number of thiophene rings is 1. The molecule has 0 unspecified atom stereocenters. The highest BCUT2D eigenvalue weighted by atomic mass is 32.1. The second-order valence-electron chi connectivity index (χ2n) is 3.85. The van der Waals surface area contributed by atoms with E-state index in [1.807, 2.05) is 19.2 Å². The summed E-state index contributed by atoms with van der Waals surface area (Å²) in [5.41, 5.74) is 1.28. The van der Waals surface area contributed by atoms with Crippen LogP contribution in [0.15, 0.2) is 41.8 Å². The van der Waals surface area contributed by atoms with E-state index in [2.05, 4.69) is 35.0 Å². The molecule has 0 aliphatic rings. The Morgan fingerprint density at radius 3 is 2.65 bits per heavy atom. The molecule has 0 radical (unpaired) electrons. The van der Waals surface area contributed by atoms with Crippen molar-refractivity contribution in [3.05, 3.63) is 52.2 Å². The molecule has 1 aromatic carbocycles. The lowest BCUT2D eigenvalue weighted by molar-refractivity contribution is 0.323. The van der Waals surface area contributed by atoms with E-state index in [1.54, 1.807) is 11.3 Å². The zero-order valence-electron chi connectivity index (χ0n) is 9.98. The number of hydrogen-bond acceptors (Lipinski definition) is 3. The molecule has 3 heteroatoms. The predicted molar refractivity (Wildman–Crippen MR) is 72.7 cm³/mol. The maximum absolute atomic E-state index is 5.70. The van der Waals surface area contributed by atoms with E-state index in [1.165, 1.54) is 10.4 Å². The van der Waals surface area contributed by atoms with E-state index in [9.17, 15) is 0 Å². The first-order valence-electron chi connectivity index (χ1n) is 5.77. The lowest BCUT2D eigenvalue weighted by atomic mass is 10.2. The molecule has 1 aromatic heterocycles. The van der Waals surface area contributed by atoms with E-state index in [0.717, 1.165) is 25.3 Å². The Labute approximate surface area is 106 Å². The Hall–Kier alpha value is -1.32. The predicted octanol–water partition coefficient (Wildman–Crippen LogP) is 3.09. The Bertz CT molecular complexity index is 422. The normalized spacial score (nSPS) is 10.4. The second kappa shape index (κ2) is 6.42. The standard InChI is InChI=1S/C14H17NOS/c1-15-11-12-4-6-13(7-5-12)16-9-8-14-3-2-10-17-14/h2-7,10,15H,8-9,11H2,1H3. The van der Waals surface area contributed by atoms with E-state index in [4.69, 9.17) is 4.74 Å². The van der Waals surface area contributed by atoms with Gasteiger partial charge in [-0.3, -0.25) is 0 Å². The molecular weight excluding hydrogens is 230 g/mol. The number of nitrogens with one attached hydrogen (secondary N) is 1. The third kappa shape index (κ3) is 3.88. The molecular formula is C14H17NOS. The summed E-state index contributed by atoms with van der Waals surface area (Å²) in [5.74, 6) is 0.946. The van der Waals surface area contributed by atoms with Gasteiger partial charge < -0.3 is 10.1 Å². The van der Waals surface area contributed by atoms with Gasteiger partial charge in [0.2, 0.25) is 0 Å². The quantitative estimate of drug-likeness (QED) is 0.847. The molecule has 0 saturated carbocycles. The summed E-state index contributed by atoms with van der Waals surface area (Å²) in [6.07, 6.45) is 0.982. The molecule has 0 saturated heterocycles. The van der Waals surface area contributed by atoms with Crippen molar-refractivity contribution in [2.45, 2.75) is 13.0 Å². The highest BCUT2D eigenvalue weighted by Crippen LogP contribution is 2.14. The van der Waals surface area contributed by atoms with Crippen molar-refractivity contribution < 1.29 is 4.74 Å². The second-order valence-corrected chi connectivity index (χ2v) is 4.88. The lowest BCUT2D eigenvalue weighted by Crippen LogP contribution is -2.05. The molecule has 1 heterocycles. The fraction of sp³-hybridized carbons (Fsp3) is 0.286. The van der Waals surface area contributed by atoms with Crippen molar-refractivity contribution in [2.75, 3.05) is 13.7 Å². The topological polar surface area (TPSA) is 21.3 Å². The zero-order chi connectivity index (χ0) is 11.9. The van der Waals surface area contributed by atoms with Crippen molar-refractivity contribution >= 4 is 11.3 Å². The average Bonchev–Trinajstić information content (AvgIpc) is 2.85. The molecule has 0 spiro atoms. The van der Waals surface area contributed by atoms with Crippen LogP contribution in [0.5, 0.6) is 5.75 Å². The molecule has 0 bridgehead atoms. The molecule has 2 nitrogen and oxygen atoms in total. The Kier molecular flexibility index (Phi) is 4.59.